The normalized spacial score (nSPS) is 11.0. The number of nitrogens with zero attached hydrogens (tertiary/aromatic N) is 1. The maximum atomic E-state index is 11.9. The Labute approximate surface area is 105 Å². The summed E-state index contributed by atoms with van der Waals surface area (Å²) in [6.45, 7) is 3.53. The summed E-state index contributed by atoms with van der Waals surface area (Å²) < 4.78 is 4.89. The van der Waals surface area contributed by atoms with Gasteiger partial charge in [0.25, 0.3) is 0 Å². The molecular weight excluding hydrogens is 230 g/mol. The van der Waals surface area contributed by atoms with Gasteiger partial charge in [-0.05, 0) is 49.8 Å². The second-order valence-electron chi connectivity index (χ2n) is 4.06. The Hall–Kier alpha value is -2.36. The lowest BCUT2D eigenvalue weighted by atomic mass is 10.1. The molecule has 0 spiro atoms. The number of ketones is 1. The van der Waals surface area contributed by atoms with E-state index in [1.807, 2.05) is 0 Å². The monoisotopic (exact) mass is 243 g/mol. The van der Waals surface area contributed by atoms with E-state index in [0.29, 0.717) is 22.6 Å². The number of phenols is 1. The molecule has 4 nitrogen and oxygen atoms in total. The first-order chi connectivity index (χ1) is 8.56. The molecule has 0 saturated carbocycles. The van der Waals surface area contributed by atoms with Gasteiger partial charge in [0.05, 0.1) is 0 Å². The van der Waals surface area contributed by atoms with Gasteiger partial charge < -0.3 is 9.63 Å². The lowest BCUT2D eigenvalue weighted by molar-refractivity contribution is 0.104. The summed E-state index contributed by atoms with van der Waals surface area (Å²) in [4.78, 5) is 11.9. The topological polar surface area (TPSA) is 63.3 Å². The number of aromatic hydroxyl groups is 1. The van der Waals surface area contributed by atoms with Gasteiger partial charge in [-0.15, -0.1) is 0 Å². The quantitative estimate of drug-likeness (QED) is 0.665. The summed E-state index contributed by atoms with van der Waals surface area (Å²) in [5, 5.41) is 13.1. The van der Waals surface area contributed by atoms with E-state index in [1.165, 1.54) is 12.1 Å². The van der Waals surface area contributed by atoms with E-state index in [-0.39, 0.29) is 11.5 Å². The number of phenolic OH excluding ortho intramolecular Hbond substituents is 1. The predicted molar refractivity (Wildman–Crippen MR) is 67.4 cm³/mol. The minimum atomic E-state index is -0.140. The molecule has 0 amide bonds. The Morgan fingerprint density at radius 3 is 2.72 bits per heavy atom. The molecule has 4 heteroatoms. The van der Waals surface area contributed by atoms with Crippen LogP contribution < -0.4 is 0 Å². The third kappa shape index (κ3) is 2.66. The Balaban J connectivity index is 2.16. The predicted octanol–water partition coefficient (Wildman–Crippen LogP) is 2.89. The van der Waals surface area contributed by atoms with Gasteiger partial charge in [-0.25, -0.2) is 0 Å². The van der Waals surface area contributed by atoms with Gasteiger partial charge in [0.15, 0.2) is 5.78 Å². The molecule has 0 aliphatic rings. The van der Waals surface area contributed by atoms with E-state index in [4.69, 9.17) is 4.52 Å². The van der Waals surface area contributed by atoms with Crippen LogP contribution in [-0.2, 0) is 0 Å². The molecule has 1 heterocycles. The molecule has 0 fully saturated rings. The molecule has 1 N–H and O–H groups in total. The SMILES string of the molecule is Cc1cc(/C=C/C(=O)c2ccc(O)c(C)c2)no1. The van der Waals surface area contributed by atoms with Crippen molar-refractivity contribution in [2.45, 2.75) is 13.8 Å². The van der Waals surface area contributed by atoms with Crippen molar-refractivity contribution in [1.82, 2.24) is 5.16 Å². The molecule has 0 bridgehead atoms. The number of hydrogen-bond acceptors (Lipinski definition) is 4. The zero-order valence-corrected chi connectivity index (χ0v) is 10.2. The van der Waals surface area contributed by atoms with E-state index in [9.17, 15) is 9.90 Å². The second kappa shape index (κ2) is 4.87. The van der Waals surface area contributed by atoms with Crippen LogP contribution in [0.3, 0.4) is 0 Å². The maximum absolute atomic E-state index is 11.9. The summed E-state index contributed by atoms with van der Waals surface area (Å²) in [6.07, 6.45) is 3.03. The molecule has 92 valence electrons. The highest BCUT2D eigenvalue weighted by molar-refractivity contribution is 6.06. The summed E-state index contributed by atoms with van der Waals surface area (Å²) in [5.74, 6) is 0.740. The lowest BCUT2D eigenvalue weighted by Gasteiger charge is -2.00. The first-order valence-corrected chi connectivity index (χ1v) is 5.51. The van der Waals surface area contributed by atoms with Gasteiger partial charge in [-0.2, -0.15) is 0 Å². The molecule has 0 atom stereocenters. The van der Waals surface area contributed by atoms with Crippen LogP contribution in [0.5, 0.6) is 5.75 Å². The molecule has 18 heavy (non-hydrogen) atoms. The van der Waals surface area contributed by atoms with Crippen molar-refractivity contribution >= 4 is 11.9 Å². The fourth-order valence-corrected chi connectivity index (χ4v) is 1.53. The van der Waals surface area contributed by atoms with Gasteiger partial charge in [-0.1, -0.05) is 5.16 Å². The van der Waals surface area contributed by atoms with E-state index >= 15 is 0 Å². The van der Waals surface area contributed by atoms with E-state index < -0.39 is 0 Å². The zero-order valence-electron chi connectivity index (χ0n) is 10.2. The third-order valence-electron chi connectivity index (χ3n) is 2.53. The number of aromatic nitrogens is 1. The van der Waals surface area contributed by atoms with Gasteiger partial charge in [0.1, 0.15) is 17.2 Å². The van der Waals surface area contributed by atoms with Crippen LogP contribution in [0.2, 0.25) is 0 Å². The molecule has 0 saturated heterocycles. The Morgan fingerprint density at radius 1 is 1.33 bits per heavy atom. The summed E-state index contributed by atoms with van der Waals surface area (Å²) in [6, 6.07) is 6.49. The average molecular weight is 243 g/mol. The van der Waals surface area contributed by atoms with Crippen molar-refractivity contribution in [3.05, 3.63) is 52.9 Å². The average Bonchev–Trinajstić information content (AvgIpc) is 2.75. The summed E-state index contributed by atoms with van der Waals surface area (Å²) in [7, 11) is 0. The molecule has 0 aliphatic carbocycles. The molecule has 0 aliphatic heterocycles. The van der Waals surface area contributed by atoms with E-state index in [1.54, 1.807) is 38.1 Å². The van der Waals surface area contributed by atoms with Crippen molar-refractivity contribution in [3.63, 3.8) is 0 Å². The largest absolute Gasteiger partial charge is 0.508 e. The van der Waals surface area contributed by atoms with E-state index in [0.717, 1.165) is 0 Å². The molecule has 2 aromatic rings. The molecular formula is C14H13NO3. The minimum Gasteiger partial charge on any atom is -0.508 e. The van der Waals surface area contributed by atoms with Crippen LogP contribution in [0.4, 0.5) is 0 Å². The van der Waals surface area contributed by atoms with Crippen LogP contribution >= 0.6 is 0 Å². The first-order valence-electron chi connectivity index (χ1n) is 5.51. The van der Waals surface area contributed by atoms with Crippen molar-refractivity contribution in [3.8, 4) is 5.75 Å². The Bertz CT molecular complexity index is 611. The zero-order chi connectivity index (χ0) is 13.1. The van der Waals surface area contributed by atoms with Crippen molar-refractivity contribution in [2.75, 3.05) is 0 Å². The van der Waals surface area contributed by atoms with Crippen LogP contribution in [0.15, 0.2) is 34.9 Å². The highest BCUT2D eigenvalue weighted by Crippen LogP contribution is 2.17. The highest BCUT2D eigenvalue weighted by atomic mass is 16.5. The van der Waals surface area contributed by atoms with E-state index in [2.05, 4.69) is 5.16 Å². The number of carbonyl (C=O) groups excluding carboxylic acids is 1. The maximum Gasteiger partial charge on any atom is 0.185 e. The van der Waals surface area contributed by atoms with Gasteiger partial charge in [0.2, 0.25) is 0 Å². The van der Waals surface area contributed by atoms with Gasteiger partial charge in [-0.3, -0.25) is 4.79 Å². The standard InChI is InChI=1S/C14H13NO3/c1-9-7-11(3-5-13(9)16)14(17)6-4-12-8-10(2)18-15-12/h3-8,16H,1-2H3/b6-4+. The van der Waals surface area contributed by atoms with Crippen molar-refractivity contribution in [2.24, 2.45) is 0 Å². The van der Waals surface area contributed by atoms with Crippen LogP contribution in [0.25, 0.3) is 6.08 Å². The van der Waals surface area contributed by atoms with Gasteiger partial charge >= 0.3 is 0 Å². The number of allylic oxidation sites excluding steroid dienone is 1. The smallest absolute Gasteiger partial charge is 0.185 e. The molecule has 0 radical (unpaired) electrons. The second-order valence-corrected chi connectivity index (χ2v) is 4.06. The summed E-state index contributed by atoms with van der Waals surface area (Å²) in [5.41, 5.74) is 1.81. The van der Waals surface area contributed by atoms with Crippen LogP contribution in [0, 0.1) is 13.8 Å². The summed E-state index contributed by atoms with van der Waals surface area (Å²) >= 11 is 0. The van der Waals surface area contributed by atoms with Crippen molar-refractivity contribution in [1.29, 1.82) is 0 Å². The molecule has 1 aromatic heterocycles. The first kappa shape index (κ1) is 12.1. The number of rotatable bonds is 3. The molecule has 0 unspecified atom stereocenters. The molecule has 2 rings (SSSR count). The highest BCUT2D eigenvalue weighted by Gasteiger charge is 2.04. The minimum absolute atomic E-state index is 0.140. The number of hydrogen-bond donors (Lipinski definition) is 1. The fraction of sp³-hybridized carbons (Fsp3) is 0.143. The van der Waals surface area contributed by atoms with Crippen LogP contribution in [0.1, 0.15) is 27.4 Å². The number of carbonyl (C=O) groups is 1. The van der Waals surface area contributed by atoms with Gasteiger partial charge in [0, 0.05) is 11.6 Å². The molecule has 1 aromatic carbocycles. The Morgan fingerprint density at radius 2 is 2.11 bits per heavy atom. The Kier molecular flexibility index (Phi) is 3.28. The fourth-order valence-electron chi connectivity index (χ4n) is 1.53. The van der Waals surface area contributed by atoms with Crippen molar-refractivity contribution < 1.29 is 14.4 Å². The lowest BCUT2D eigenvalue weighted by Crippen LogP contribution is -1.94. The number of aryl methyl sites for hydroxylation is 2. The third-order valence-corrected chi connectivity index (χ3v) is 2.53. The van der Waals surface area contributed by atoms with Crippen LogP contribution in [-0.4, -0.2) is 16.0 Å². The number of benzene rings is 1.